The van der Waals surface area contributed by atoms with E-state index in [1.54, 1.807) is 20.8 Å². The topological polar surface area (TPSA) is 171 Å². The van der Waals surface area contributed by atoms with Crippen molar-refractivity contribution in [2.75, 3.05) is 6.54 Å². The van der Waals surface area contributed by atoms with Crippen LogP contribution in [0.15, 0.2) is 0 Å². The SMILES string of the molecule is CCC(C)C(NC(=O)C(NC(=O)CNC(=O)C(N)C(C)O)C(C)C)C(=O)O. The summed E-state index contributed by atoms with van der Waals surface area (Å²) in [6.45, 7) is 7.85. The third-order valence-electron chi connectivity index (χ3n) is 4.29. The zero-order chi connectivity index (χ0) is 21.3. The summed E-state index contributed by atoms with van der Waals surface area (Å²) in [6, 6.07) is -3.20. The number of aliphatic hydroxyl groups excluding tert-OH is 1. The number of carbonyl (C=O) groups excluding carboxylic acids is 3. The van der Waals surface area contributed by atoms with Crippen molar-refractivity contribution in [3.63, 3.8) is 0 Å². The van der Waals surface area contributed by atoms with Gasteiger partial charge in [0.05, 0.1) is 12.6 Å². The molecule has 0 heterocycles. The van der Waals surface area contributed by atoms with Crippen LogP contribution in [-0.4, -0.2) is 64.7 Å². The Kier molecular flexibility index (Phi) is 10.6. The van der Waals surface area contributed by atoms with Gasteiger partial charge < -0.3 is 31.9 Å². The van der Waals surface area contributed by atoms with Gasteiger partial charge in [-0.15, -0.1) is 0 Å². The van der Waals surface area contributed by atoms with Gasteiger partial charge in [0.2, 0.25) is 17.7 Å². The Morgan fingerprint density at radius 2 is 1.52 bits per heavy atom. The first-order chi connectivity index (χ1) is 12.4. The minimum absolute atomic E-state index is 0.281. The van der Waals surface area contributed by atoms with Crippen LogP contribution in [0.2, 0.25) is 0 Å². The lowest BCUT2D eigenvalue weighted by Gasteiger charge is -2.26. The molecule has 7 N–H and O–H groups in total. The molecule has 0 aromatic carbocycles. The number of aliphatic carboxylic acids is 1. The van der Waals surface area contributed by atoms with Gasteiger partial charge in [-0.3, -0.25) is 14.4 Å². The first kappa shape index (κ1) is 24.8. The number of hydrogen-bond donors (Lipinski definition) is 6. The second-order valence-corrected chi connectivity index (χ2v) is 6.98. The highest BCUT2D eigenvalue weighted by molar-refractivity contribution is 5.92. The Morgan fingerprint density at radius 1 is 0.963 bits per heavy atom. The van der Waals surface area contributed by atoms with Crippen LogP contribution in [0.5, 0.6) is 0 Å². The average molecular weight is 388 g/mol. The minimum atomic E-state index is -1.17. The molecule has 3 amide bonds. The molecule has 0 aromatic rings. The van der Waals surface area contributed by atoms with Gasteiger partial charge in [-0.1, -0.05) is 34.1 Å². The van der Waals surface area contributed by atoms with Crippen molar-refractivity contribution in [2.45, 2.75) is 65.3 Å². The second kappa shape index (κ2) is 11.5. The van der Waals surface area contributed by atoms with Crippen molar-refractivity contribution in [1.29, 1.82) is 0 Å². The molecule has 10 heteroatoms. The monoisotopic (exact) mass is 388 g/mol. The van der Waals surface area contributed by atoms with Gasteiger partial charge in [0.25, 0.3) is 0 Å². The maximum absolute atomic E-state index is 12.5. The molecule has 5 atom stereocenters. The van der Waals surface area contributed by atoms with Crippen LogP contribution in [0, 0.1) is 11.8 Å². The van der Waals surface area contributed by atoms with Gasteiger partial charge in [-0.25, -0.2) is 4.79 Å². The molecule has 5 unspecified atom stereocenters. The Morgan fingerprint density at radius 3 is 1.93 bits per heavy atom. The van der Waals surface area contributed by atoms with E-state index in [1.807, 2.05) is 6.92 Å². The summed E-state index contributed by atoms with van der Waals surface area (Å²) in [5, 5.41) is 25.7. The fourth-order valence-electron chi connectivity index (χ4n) is 2.19. The largest absolute Gasteiger partial charge is 0.480 e. The van der Waals surface area contributed by atoms with E-state index in [0.717, 1.165) is 0 Å². The van der Waals surface area contributed by atoms with E-state index in [2.05, 4.69) is 16.0 Å². The van der Waals surface area contributed by atoms with Crippen LogP contribution in [-0.2, 0) is 19.2 Å². The summed E-state index contributed by atoms with van der Waals surface area (Å²) in [5.74, 6) is -3.69. The lowest BCUT2D eigenvalue weighted by atomic mass is 9.97. The fourth-order valence-corrected chi connectivity index (χ4v) is 2.19. The van der Waals surface area contributed by atoms with Gasteiger partial charge in [-0.05, 0) is 18.8 Å². The Labute approximate surface area is 159 Å². The highest BCUT2D eigenvalue weighted by Crippen LogP contribution is 2.10. The number of carboxylic acids is 1. The van der Waals surface area contributed by atoms with Crippen molar-refractivity contribution in [3.8, 4) is 0 Å². The second-order valence-electron chi connectivity index (χ2n) is 6.98. The highest BCUT2D eigenvalue weighted by atomic mass is 16.4. The van der Waals surface area contributed by atoms with Gasteiger partial charge in [-0.2, -0.15) is 0 Å². The van der Waals surface area contributed by atoms with Crippen molar-refractivity contribution in [3.05, 3.63) is 0 Å². The molecule has 0 saturated carbocycles. The third-order valence-corrected chi connectivity index (χ3v) is 4.29. The van der Waals surface area contributed by atoms with E-state index in [9.17, 15) is 29.4 Å². The smallest absolute Gasteiger partial charge is 0.326 e. The average Bonchev–Trinajstić information content (AvgIpc) is 2.59. The molecular weight excluding hydrogens is 356 g/mol. The first-order valence-corrected chi connectivity index (χ1v) is 8.96. The molecule has 0 radical (unpaired) electrons. The van der Waals surface area contributed by atoms with Crippen LogP contribution in [0.1, 0.15) is 41.0 Å². The lowest BCUT2D eigenvalue weighted by Crippen LogP contribution is -2.57. The minimum Gasteiger partial charge on any atom is -0.480 e. The van der Waals surface area contributed by atoms with Gasteiger partial charge in [0, 0.05) is 0 Å². The Hall–Kier alpha value is -2.20. The van der Waals surface area contributed by atoms with Crippen molar-refractivity contribution in [1.82, 2.24) is 16.0 Å². The predicted molar refractivity (Wildman–Crippen MR) is 98.5 cm³/mol. The standard InChI is InChI=1S/C17H32N4O6/c1-6-9(4)14(17(26)27)21-16(25)13(8(2)3)20-11(23)7-19-15(24)12(18)10(5)22/h8-10,12-14,22H,6-7,18H2,1-5H3,(H,19,24)(H,20,23)(H,21,25)(H,26,27). The number of carboxylic acid groups (broad SMARTS) is 1. The molecule has 10 nitrogen and oxygen atoms in total. The fraction of sp³-hybridized carbons (Fsp3) is 0.765. The molecule has 156 valence electrons. The number of nitrogens with one attached hydrogen (secondary N) is 3. The third kappa shape index (κ3) is 8.35. The van der Waals surface area contributed by atoms with E-state index < -0.39 is 54.5 Å². The zero-order valence-corrected chi connectivity index (χ0v) is 16.5. The predicted octanol–water partition coefficient (Wildman–Crippen LogP) is -1.43. The molecule has 0 aliphatic heterocycles. The number of hydrogen-bond acceptors (Lipinski definition) is 6. The number of aliphatic hydroxyl groups is 1. The normalized spacial score (nSPS) is 16.6. The van der Waals surface area contributed by atoms with E-state index in [1.165, 1.54) is 6.92 Å². The summed E-state index contributed by atoms with van der Waals surface area (Å²) in [6.07, 6.45) is -0.512. The van der Waals surface area contributed by atoms with Crippen LogP contribution >= 0.6 is 0 Å². The number of rotatable bonds is 11. The number of nitrogens with two attached hydrogens (primary N) is 1. The molecule has 0 aliphatic carbocycles. The zero-order valence-electron chi connectivity index (χ0n) is 16.5. The summed E-state index contributed by atoms with van der Waals surface area (Å²) in [5.41, 5.74) is 5.46. The molecule has 0 saturated heterocycles. The number of amides is 3. The van der Waals surface area contributed by atoms with E-state index in [0.29, 0.717) is 6.42 Å². The molecule has 0 bridgehead atoms. The molecule has 0 aromatic heterocycles. The van der Waals surface area contributed by atoms with Gasteiger partial charge in [0.1, 0.15) is 18.1 Å². The molecular formula is C17H32N4O6. The van der Waals surface area contributed by atoms with Crippen LogP contribution in [0.3, 0.4) is 0 Å². The summed E-state index contributed by atoms with van der Waals surface area (Å²) in [7, 11) is 0. The Bertz CT molecular complexity index is 538. The maximum atomic E-state index is 12.5. The number of carbonyl (C=O) groups is 4. The summed E-state index contributed by atoms with van der Waals surface area (Å²) < 4.78 is 0. The molecule has 0 rings (SSSR count). The summed E-state index contributed by atoms with van der Waals surface area (Å²) in [4.78, 5) is 47.5. The quantitative estimate of drug-likeness (QED) is 0.252. The molecule has 0 aliphatic rings. The van der Waals surface area contributed by atoms with Gasteiger partial charge in [0.15, 0.2) is 0 Å². The molecule has 0 fully saturated rings. The molecule has 0 spiro atoms. The highest BCUT2D eigenvalue weighted by Gasteiger charge is 2.31. The van der Waals surface area contributed by atoms with Crippen molar-refractivity contribution in [2.24, 2.45) is 17.6 Å². The van der Waals surface area contributed by atoms with E-state index in [4.69, 9.17) is 5.73 Å². The van der Waals surface area contributed by atoms with Crippen LogP contribution in [0.25, 0.3) is 0 Å². The van der Waals surface area contributed by atoms with Crippen LogP contribution < -0.4 is 21.7 Å². The van der Waals surface area contributed by atoms with Crippen LogP contribution in [0.4, 0.5) is 0 Å². The van der Waals surface area contributed by atoms with E-state index >= 15 is 0 Å². The lowest BCUT2D eigenvalue weighted by molar-refractivity contribution is -0.144. The Balaban J connectivity index is 4.88. The van der Waals surface area contributed by atoms with Crippen molar-refractivity contribution < 1.29 is 29.4 Å². The van der Waals surface area contributed by atoms with Crippen molar-refractivity contribution >= 4 is 23.7 Å². The maximum Gasteiger partial charge on any atom is 0.326 e. The van der Waals surface area contributed by atoms with Gasteiger partial charge >= 0.3 is 5.97 Å². The first-order valence-electron chi connectivity index (χ1n) is 8.96. The molecule has 27 heavy (non-hydrogen) atoms. The van der Waals surface area contributed by atoms with E-state index in [-0.39, 0.29) is 11.8 Å². The summed E-state index contributed by atoms with van der Waals surface area (Å²) >= 11 is 0.